The van der Waals surface area contributed by atoms with Crippen LogP contribution in [0.15, 0.2) is 71.5 Å². The van der Waals surface area contributed by atoms with E-state index in [0.29, 0.717) is 29.2 Å². The van der Waals surface area contributed by atoms with Crippen molar-refractivity contribution in [1.82, 2.24) is 14.8 Å². The Hall–Kier alpha value is -4.33. The fourth-order valence-corrected chi connectivity index (χ4v) is 4.01. The van der Waals surface area contributed by atoms with Crippen molar-refractivity contribution in [1.29, 1.82) is 5.41 Å². The number of aryl methyl sites for hydroxylation is 1. The number of para-hydroxylation sites is 2. The molecule has 8 nitrogen and oxygen atoms in total. The first kappa shape index (κ1) is 22.8. The molecule has 34 heavy (non-hydrogen) atoms. The highest BCUT2D eigenvalue weighted by atomic mass is 16.5. The van der Waals surface area contributed by atoms with Crippen molar-refractivity contribution in [2.24, 2.45) is 5.73 Å². The number of aromatic nitrogens is 3. The van der Waals surface area contributed by atoms with Crippen molar-refractivity contribution in [3.8, 4) is 17.2 Å². The Morgan fingerprint density at radius 1 is 1.06 bits per heavy atom. The molecule has 0 aliphatic rings. The lowest BCUT2D eigenvalue weighted by atomic mass is 9.90. The lowest BCUT2D eigenvalue weighted by molar-refractivity contribution is 0.411. The molecule has 1 aromatic heterocycles. The molecular weight excluding hydrogens is 430 g/mol. The van der Waals surface area contributed by atoms with E-state index in [0.717, 1.165) is 22.4 Å². The van der Waals surface area contributed by atoms with Gasteiger partial charge in [0.15, 0.2) is 0 Å². The number of rotatable bonds is 8. The van der Waals surface area contributed by atoms with Crippen molar-refractivity contribution in [3.05, 3.63) is 105 Å². The van der Waals surface area contributed by atoms with E-state index in [-0.39, 0.29) is 17.4 Å². The molecule has 1 heterocycles. The summed E-state index contributed by atoms with van der Waals surface area (Å²) in [4.78, 5) is 15.9. The molecule has 0 bridgehead atoms. The van der Waals surface area contributed by atoms with Gasteiger partial charge in [-0.1, -0.05) is 48.5 Å². The molecule has 4 rings (SSSR count). The van der Waals surface area contributed by atoms with Crippen LogP contribution in [0.3, 0.4) is 0 Å². The highest BCUT2D eigenvalue weighted by Gasteiger charge is 2.22. The largest absolute Gasteiger partial charge is 0.496 e. The average Bonchev–Trinajstić information content (AvgIpc) is 3.23. The van der Waals surface area contributed by atoms with E-state index in [1.165, 1.54) is 4.68 Å². The minimum Gasteiger partial charge on any atom is -0.496 e. The second-order valence-electron chi connectivity index (χ2n) is 8.00. The van der Waals surface area contributed by atoms with Gasteiger partial charge in [-0.2, -0.15) is 4.68 Å². The first-order valence-corrected chi connectivity index (χ1v) is 10.8. The summed E-state index contributed by atoms with van der Waals surface area (Å²) in [7, 11) is 3.20. The van der Waals surface area contributed by atoms with Crippen LogP contribution in [0.2, 0.25) is 0 Å². The van der Waals surface area contributed by atoms with Crippen molar-refractivity contribution < 1.29 is 9.47 Å². The Morgan fingerprint density at radius 3 is 2.41 bits per heavy atom. The summed E-state index contributed by atoms with van der Waals surface area (Å²) >= 11 is 0. The second-order valence-corrected chi connectivity index (χ2v) is 8.00. The number of hydrogen-bond donors (Lipinski definition) is 3. The number of methoxy groups -OCH3 is 2. The molecule has 174 valence electrons. The molecule has 0 amide bonds. The minimum atomic E-state index is -0.346. The third kappa shape index (κ3) is 4.56. The van der Waals surface area contributed by atoms with Gasteiger partial charge in [0.1, 0.15) is 28.8 Å². The Kier molecular flexibility index (Phi) is 6.49. The maximum atomic E-state index is 12.9. The van der Waals surface area contributed by atoms with E-state index in [1.807, 2.05) is 61.5 Å². The van der Waals surface area contributed by atoms with Crippen molar-refractivity contribution >= 4 is 5.84 Å². The Morgan fingerprint density at radius 2 is 1.76 bits per heavy atom. The summed E-state index contributed by atoms with van der Waals surface area (Å²) < 4.78 is 12.2. The third-order valence-electron chi connectivity index (χ3n) is 5.80. The molecule has 4 aromatic rings. The number of aromatic amines is 1. The summed E-state index contributed by atoms with van der Waals surface area (Å²) in [5.41, 5.74) is 9.49. The summed E-state index contributed by atoms with van der Waals surface area (Å²) in [6.07, 6.45) is 0.586. The molecule has 0 fully saturated rings. The van der Waals surface area contributed by atoms with Gasteiger partial charge >= 0.3 is 5.69 Å². The Balaban J connectivity index is 1.79. The standard InChI is InChI=1S/C26H27N5O3/c1-16-14-19(12-13-22(16)33-2)20(15-17-8-10-18(11-9-17)24(27)28)25-29-26(32)31(30-25)21-6-4-5-7-23(21)34-3/h4-14,20H,15H2,1-3H3,(H3,27,28)(H,29,30,32). The van der Waals surface area contributed by atoms with Crippen LogP contribution in [0.1, 0.15) is 34.0 Å². The van der Waals surface area contributed by atoms with E-state index < -0.39 is 0 Å². The summed E-state index contributed by atoms with van der Waals surface area (Å²) in [5, 5.41) is 12.3. The lowest BCUT2D eigenvalue weighted by Crippen LogP contribution is -2.16. The van der Waals surface area contributed by atoms with Gasteiger partial charge in [-0.15, -0.1) is 5.10 Å². The number of amidine groups is 1. The number of nitrogens with one attached hydrogen (secondary N) is 2. The smallest absolute Gasteiger partial charge is 0.348 e. The summed E-state index contributed by atoms with van der Waals surface area (Å²) in [5.74, 6) is 1.68. The maximum absolute atomic E-state index is 12.9. The van der Waals surface area contributed by atoms with Crippen LogP contribution in [0.25, 0.3) is 5.69 Å². The van der Waals surface area contributed by atoms with Gasteiger partial charge in [0, 0.05) is 11.5 Å². The zero-order chi connectivity index (χ0) is 24.2. The quantitative estimate of drug-likeness (QED) is 0.276. The van der Waals surface area contributed by atoms with Crippen molar-refractivity contribution in [2.45, 2.75) is 19.3 Å². The van der Waals surface area contributed by atoms with E-state index in [4.69, 9.17) is 20.6 Å². The molecule has 8 heteroatoms. The number of benzene rings is 3. The topological polar surface area (TPSA) is 119 Å². The Labute approximate surface area is 197 Å². The van der Waals surface area contributed by atoms with Gasteiger partial charge < -0.3 is 15.2 Å². The van der Waals surface area contributed by atoms with Gasteiger partial charge in [0.2, 0.25) is 0 Å². The number of nitrogens with zero attached hydrogens (tertiary/aromatic N) is 2. The molecule has 0 aliphatic heterocycles. The van der Waals surface area contributed by atoms with Crippen LogP contribution in [-0.4, -0.2) is 34.8 Å². The normalized spacial score (nSPS) is 11.7. The number of H-pyrrole nitrogens is 1. The molecule has 0 spiro atoms. The molecule has 1 atom stereocenters. The second kappa shape index (κ2) is 9.66. The molecule has 0 saturated heterocycles. The first-order valence-electron chi connectivity index (χ1n) is 10.8. The highest BCUT2D eigenvalue weighted by Crippen LogP contribution is 2.30. The number of nitrogens with two attached hydrogens (primary N) is 1. The van der Waals surface area contributed by atoms with Gasteiger partial charge in [0.25, 0.3) is 0 Å². The SMILES string of the molecule is COc1ccc(C(Cc2ccc(C(=N)N)cc2)c2nn(-c3ccccc3OC)c(=O)[nH]2)cc1C. The fourth-order valence-electron chi connectivity index (χ4n) is 4.01. The zero-order valence-corrected chi connectivity index (χ0v) is 19.3. The van der Waals surface area contributed by atoms with Crippen LogP contribution in [0.5, 0.6) is 11.5 Å². The van der Waals surface area contributed by atoms with E-state index >= 15 is 0 Å². The molecule has 3 aromatic carbocycles. The first-order chi connectivity index (χ1) is 16.4. The Bertz CT molecular complexity index is 1370. The van der Waals surface area contributed by atoms with E-state index in [1.54, 1.807) is 26.4 Å². The zero-order valence-electron chi connectivity index (χ0n) is 19.3. The molecule has 4 N–H and O–H groups in total. The predicted molar refractivity (Wildman–Crippen MR) is 131 cm³/mol. The van der Waals surface area contributed by atoms with Crippen LogP contribution in [0, 0.1) is 12.3 Å². The van der Waals surface area contributed by atoms with Crippen LogP contribution in [0.4, 0.5) is 0 Å². The van der Waals surface area contributed by atoms with Gasteiger partial charge in [-0.05, 0) is 48.2 Å². The molecular formula is C26H27N5O3. The predicted octanol–water partition coefficient (Wildman–Crippen LogP) is 3.54. The fraction of sp³-hybridized carbons (Fsp3) is 0.192. The maximum Gasteiger partial charge on any atom is 0.348 e. The van der Waals surface area contributed by atoms with Gasteiger partial charge in [-0.3, -0.25) is 10.4 Å². The summed E-state index contributed by atoms with van der Waals surface area (Å²) in [6.45, 7) is 1.98. The lowest BCUT2D eigenvalue weighted by Gasteiger charge is -2.17. The monoisotopic (exact) mass is 457 g/mol. The third-order valence-corrected chi connectivity index (χ3v) is 5.80. The summed E-state index contributed by atoms with van der Waals surface area (Å²) in [6, 6.07) is 20.7. The van der Waals surface area contributed by atoms with Crippen molar-refractivity contribution in [3.63, 3.8) is 0 Å². The van der Waals surface area contributed by atoms with Crippen molar-refractivity contribution in [2.75, 3.05) is 14.2 Å². The number of nitrogen functional groups attached to an aromatic ring is 1. The average molecular weight is 458 g/mol. The van der Waals surface area contributed by atoms with E-state index in [2.05, 4.69) is 10.1 Å². The number of ether oxygens (including phenoxy) is 2. The van der Waals surface area contributed by atoms with Crippen LogP contribution in [-0.2, 0) is 6.42 Å². The molecule has 1 unspecified atom stereocenters. The molecule has 0 radical (unpaired) electrons. The highest BCUT2D eigenvalue weighted by molar-refractivity contribution is 5.94. The number of hydrogen-bond acceptors (Lipinski definition) is 5. The van der Waals surface area contributed by atoms with E-state index in [9.17, 15) is 4.79 Å². The van der Waals surface area contributed by atoms with Crippen LogP contribution < -0.4 is 20.9 Å². The molecule has 0 saturated carbocycles. The van der Waals surface area contributed by atoms with Gasteiger partial charge in [0.05, 0.1) is 14.2 Å². The van der Waals surface area contributed by atoms with Gasteiger partial charge in [-0.25, -0.2) is 4.79 Å². The van der Waals surface area contributed by atoms with Crippen LogP contribution >= 0.6 is 0 Å². The molecule has 0 aliphatic carbocycles. The minimum absolute atomic E-state index is 0.0220.